The molecule has 21 heavy (non-hydrogen) atoms. The number of fused-ring (bicyclic) bond motifs is 1. The SMILES string of the molecule is CSc1ccc(C(=O)Nc2ccc3c(c2F)CCNC3)o1. The van der Waals surface area contributed by atoms with Crippen LogP contribution < -0.4 is 10.6 Å². The Hall–Kier alpha value is -1.79. The number of hydrogen-bond acceptors (Lipinski definition) is 4. The van der Waals surface area contributed by atoms with E-state index in [4.69, 9.17) is 4.42 Å². The van der Waals surface area contributed by atoms with Crippen molar-refractivity contribution in [2.24, 2.45) is 0 Å². The van der Waals surface area contributed by atoms with Crippen LogP contribution in [-0.2, 0) is 13.0 Å². The maximum absolute atomic E-state index is 14.4. The summed E-state index contributed by atoms with van der Waals surface area (Å²) in [4.78, 5) is 12.1. The minimum Gasteiger partial charge on any atom is -0.445 e. The summed E-state index contributed by atoms with van der Waals surface area (Å²) in [6.45, 7) is 1.41. The van der Waals surface area contributed by atoms with Crippen LogP contribution in [0.1, 0.15) is 21.7 Å². The van der Waals surface area contributed by atoms with E-state index >= 15 is 0 Å². The number of rotatable bonds is 3. The van der Waals surface area contributed by atoms with Gasteiger partial charge >= 0.3 is 0 Å². The third kappa shape index (κ3) is 2.82. The monoisotopic (exact) mass is 306 g/mol. The van der Waals surface area contributed by atoms with Crippen molar-refractivity contribution in [3.05, 3.63) is 47.0 Å². The molecule has 0 radical (unpaired) electrons. The number of furan rings is 1. The van der Waals surface area contributed by atoms with E-state index in [1.165, 1.54) is 11.8 Å². The fraction of sp³-hybridized carbons (Fsp3) is 0.267. The van der Waals surface area contributed by atoms with Gasteiger partial charge in [-0.1, -0.05) is 17.8 Å². The molecule has 6 heteroatoms. The molecule has 0 unspecified atom stereocenters. The third-order valence-corrected chi connectivity index (χ3v) is 4.08. The van der Waals surface area contributed by atoms with Crippen LogP contribution >= 0.6 is 11.8 Å². The first kappa shape index (κ1) is 14.2. The molecule has 0 atom stereocenters. The van der Waals surface area contributed by atoms with Crippen molar-refractivity contribution in [3.63, 3.8) is 0 Å². The summed E-state index contributed by atoms with van der Waals surface area (Å²) in [7, 11) is 0. The highest BCUT2D eigenvalue weighted by atomic mass is 32.2. The van der Waals surface area contributed by atoms with Gasteiger partial charge in [-0.15, -0.1) is 0 Å². The number of halogens is 1. The summed E-state index contributed by atoms with van der Waals surface area (Å²) in [5.74, 6) is -0.611. The number of carbonyl (C=O) groups is 1. The van der Waals surface area contributed by atoms with Crippen molar-refractivity contribution in [3.8, 4) is 0 Å². The standard InChI is InChI=1S/C15H15FN2O2S/c1-21-13-5-4-12(20-13)15(19)18-11-3-2-9-8-17-7-6-10(9)14(11)16/h2-5,17H,6-8H2,1H3,(H,18,19). The number of hydrogen-bond donors (Lipinski definition) is 2. The molecule has 2 aromatic rings. The van der Waals surface area contributed by atoms with Gasteiger partial charge in [-0.3, -0.25) is 4.79 Å². The van der Waals surface area contributed by atoms with Crippen LogP contribution in [0.2, 0.25) is 0 Å². The second-order valence-corrected chi connectivity index (χ2v) is 5.58. The average Bonchev–Trinajstić information content (AvgIpc) is 2.99. The molecule has 1 aromatic heterocycles. The van der Waals surface area contributed by atoms with E-state index in [9.17, 15) is 9.18 Å². The Labute approximate surface area is 126 Å². The normalized spacial score (nSPS) is 13.8. The number of nitrogens with one attached hydrogen (secondary N) is 2. The van der Waals surface area contributed by atoms with Crippen LogP contribution in [0.5, 0.6) is 0 Å². The zero-order valence-corrected chi connectivity index (χ0v) is 12.3. The van der Waals surface area contributed by atoms with Gasteiger partial charge in [0.05, 0.1) is 5.69 Å². The van der Waals surface area contributed by atoms with Crippen molar-refractivity contribution in [1.29, 1.82) is 0 Å². The fourth-order valence-electron chi connectivity index (χ4n) is 2.37. The second-order valence-electron chi connectivity index (χ2n) is 4.77. The molecule has 1 aliphatic rings. The lowest BCUT2D eigenvalue weighted by Gasteiger charge is -2.19. The van der Waals surface area contributed by atoms with E-state index in [0.29, 0.717) is 23.6 Å². The van der Waals surface area contributed by atoms with E-state index < -0.39 is 5.91 Å². The first-order valence-corrected chi connectivity index (χ1v) is 7.87. The van der Waals surface area contributed by atoms with Crippen LogP contribution in [0, 0.1) is 5.82 Å². The Morgan fingerprint density at radius 3 is 3.00 bits per heavy atom. The topological polar surface area (TPSA) is 54.3 Å². The highest BCUT2D eigenvalue weighted by Gasteiger charge is 2.19. The zero-order valence-electron chi connectivity index (χ0n) is 11.5. The summed E-state index contributed by atoms with van der Waals surface area (Å²) < 4.78 is 19.8. The predicted octanol–water partition coefficient (Wildman–Crippen LogP) is 3.04. The van der Waals surface area contributed by atoms with E-state index in [0.717, 1.165) is 12.1 Å². The summed E-state index contributed by atoms with van der Waals surface area (Å²) in [5, 5.41) is 6.42. The molecular weight excluding hydrogens is 291 g/mol. The lowest BCUT2D eigenvalue weighted by Crippen LogP contribution is -2.25. The minimum absolute atomic E-state index is 0.179. The van der Waals surface area contributed by atoms with Crippen molar-refractivity contribution in [1.82, 2.24) is 5.32 Å². The lowest BCUT2D eigenvalue weighted by molar-refractivity contribution is 0.0991. The number of benzene rings is 1. The van der Waals surface area contributed by atoms with Gasteiger partial charge in [0.1, 0.15) is 5.82 Å². The molecule has 0 saturated heterocycles. The van der Waals surface area contributed by atoms with Crippen molar-refractivity contribution in [2.45, 2.75) is 18.1 Å². The van der Waals surface area contributed by atoms with Gasteiger partial charge in [0.2, 0.25) is 0 Å². The molecule has 0 bridgehead atoms. The largest absolute Gasteiger partial charge is 0.445 e. The van der Waals surface area contributed by atoms with Crippen LogP contribution in [0.4, 0.5) is 10.1 Å². The molecular formula is C15H15FN2O2S. The minimum atomic E-state index is -0.442. The zero-order chi connectivity index (χ0) is 14.8. The Morgan fingerprint density at radius 2 is 2.24 bits per heavy atom. The molecule has 1 aromatic carbocycles. The van der Waals surface area contributed by atoms with Crippen LogP contribution in [0.3, 0.4) is 0 Å². The van der Waals surface area contributed by atoms with Crippen LogP contribution in [0.15, 0.2) is 33.8 Å². The molecule has 110 valence electrons. The van der Waals surface area contributed by atoms with Crippen LogP contribution in [0.25, 0.3) is 0 Å². The fourth-order valence-corrected chi connectivity index (χ4v) is 2.74. The Bertz CT molecular complexity index is 684. The molecule has 0 fully saturated rings. The van der Waals surface area contributed by atoms with E-state index in [-0.39, 0.29) is 17.3 Å². The summed E-state index contributed by atoms with van der Waals surface area (Å²) in [6.07, 6.45) is 2.49. The van der Waals surface area contributed by atoms with E-state index in [2.05, 4.69) is 10.6 Å². The summed E-state index contributed by atoms with van der Waals surface area (Å²) in [6, 6.07) is 6.74. The average molecular weight is 306 g/mol. The number of thioether (sulfide) groups is 1. The summed E-state index contributed by atoms with van der Waals surface area (Å²) >= 11 is 1.41. The molecule has 0 spiro atoms. The smallest absolute Gasteiger partial charge is 0.291 e. The van der Waals surface area contributed by atoms with Gasteiger partial charge in [0.15, 0.2) is 10.9 Å². The molecule has 2 heterocycles. The quantitative estimate of drug-likeness (QED) is 0.856. The van der Waals surface area contributed by atoms with Gasteiger partial charge in [0.25, 0.3) is 5.91 Å². The van der Waals surface area contributed by atoms with Gasteiger partial charge < -0.3 is 15.1 Å². The van der Waals surface area contributed by atoms with E-state index in [1.807, 2.05) is 12.3 Å². The third-order valence-electron chi connectivity index (χ3n) is 3.46. The highest BCUT2D eigenvalue weighted by molar-refractivity contribution is 7.98. The Kier molecular flexibility index (Phi) is 3.98. The molecule has 1 amide bonds. The second kappa shape index (κ2) is 5.91. The Morgan fingerprint density at radius 1 is 1.38 bits per heavy atom. The van der Waals surface area contributed by atoms with Gasteiger partial charge in [-0.05, 0) is 48.5 Å². The predicted molar refractivity (Wildman–Crippen MR) is 80.3 cm³/mol. The molecule has 0 saturated carbocycles. The van der Waals surface area contributed by atoms with Crippen molar-refractivity contribution >= 4 is 23.4 Å². The lowest BCUT2D eigenvalue weighted by atomic mass is 9.99. The summed E-state index contributed by atoms with van der Waals surface area (Å²) in [5.41, 5.74) is 1.82. The van der Waals surface area contributed by atoms with Crippen molar-refractivity contribution in [2.75, 3.05) is 18.1 Å². The molecule has 1 aliphatic heterocycles. The number of amides is 1. The first-order valence-electron chi connectivity index (χ1n) is 6.65. The Balaban J connectivity index is 1.83. The van der Waals surface area contributed by atoms with E-state index in [1.54, 1.807) is 18.2 Å². The maximum atomic E-state index is 14.4. The maximum Gasteiger partial charge on any atom is 0.291 e. The van der Waals surface area contributed by atoms with Crippen molar-refractivity contribution < 1.29 is 13.6 Å². The molecule has 3 rings (SSSR count). The highest BCUT2D eigenvalue weighted by Crippen LogP contribution is 2.25. The van der Waals surface area contributed by atoms with Gasteiger partial charge in [0, 0.05) is 6.54 Å². The molecule has 2 N–H and O–H groups in total. The number of anilines is 1. The van der Waals surface area contributed by atoms with Gasteiger partial charge in [-0.2, -0.15) is 0 Å². The molecule has 4 nitrogen and oxygen atoms in total. The number of carbonyl (C=O) groups excluding carboxylic acids is 1. The van der Waals surface area contributed by atoms with Crippen LogP contribution in [-0.4, -0.2) is 18.7 Å². The first-order chi connectivity index (χ1) is 10.2. The molecule has 0 aliphatic carbocycles. The van der Waals surface area contributed by atoms with Gasteiger partial charge in [-0.25, -0.2) is 4.39 Å².